The first-order valence-electron chi connectivity index (χ1n) is 7.12. The van der Waals surface area contributed by atoms with Crippen LogP contribution in [0.15, 0.2) is 30.3 Å². The second kappa shape index (κ2) is 7.08. The number of carbonyl (C=O) groups excluding carboxylic acids is 2. The minimum absolute atomic E-state index is 0.108. The van der Waals surface area contributed by atoms with E-state index in [1.54, 1.807) is 0 Å². The van der Waals surface area contributed by atoms with Crippen molar-refractivity contribution < 1.29 is 14.3 Å². The average molecular weight is 275 g/mol. The smallest absolute Gasteiger partial charge is 0.305 e. The standard InChI is InChI=1S/C16H21NO3/c1-20-15(18)8-7-13-9-11-17(12-10-13)16(19)14-5-3-2-4-6-14/h2-6,13H,7-12H2,1H3. The fourth-order valence-corrected chi connectivity index (χ4v) is 2.61. The van der Waals surface area contributed by atoms with E-state index in [-0.39, 0.29) is 11.9 Å². The number of carbonyl (C=O) groups is 2. The molecule has 1 amide bonds. The molecule has 1 fully saturated rings. The van der Waals surface area contributed by atoms with Gasteiger partial charge in [-0.3, -0.25) is 9.59 Å². The Morgan fingerprint density at radius 1 is 1.20 bits per heavy atom. The number of nitrogens with zero attached hydrogens (tertiary/aromatic N) is 1. The fraction of sp³-hybridized carbons (Fsp3) is 0.500. The topological polar surface area (TPSA) is 46.6 Å². The van der Waals surface area contributed by atoms with Gasteiger partial charge in [-0.2, -0.15) is 0 Å². The van der Waals surface area contributed by atoms with Crippen LogP contribution in [0.2, 0.25) is 0 Å². The highest BCUT2D eigenvalue weighted by molar-refractivity contribution is 5.94. The van der Waals surface area contributed by atoms with Crippen LogP contribution >= 0.6 is 0 Å². The number of ether oxygens (including phenoxy) is 1. The first-order valence-corrected chi connectivity index (χ1v) is 7.12. The monoisotopic (exact) mass is 275 g/mol. The second-order valence-corrected chi connectivity index (χ2v) is 5.22. The van der Waals surface area contributed by atoms with E-state index in [0.29, 0.717) is 12.3 Å². The molecule has 0 radical (unpaired) electrons. The molecule has 0 aromatic heterocycles. The number of methoxy groups -OCH3 is 1. The average Bonchev–Trinajstić information content (AvgIpc) is 2.53. The maximum absolute atomic E-state index is 12.3. The van der Waals surface area contributed by atoms with Gasteiger partial charge in [0.05, 0.1) is 7.11 Å². The molecule has 4 heteroatoms. The van der Waals surface area contributed by atoms with Gasteiger partial charge in [-0.25, -0.2) is 0 Å². The molecule has 0 N–H and O–H groups in total. The van der Waals surface area contributed by atoms with Crippen molar-refractivity contribution in [3.63, 3.8) is 0 Å². The largest absolute Gasteiger partial charge is 0.469 e. The van der Waals surface area contributed by atoms with Crippen LogP contribution in [0.4, 0.5) is 0 Å². The van der Waals surface area contributed by atoms with Crippen LogP contribution in [0, 0.1) is 5.92 Å². The minimum Gasteiger partial charge on any atom is -0.469 e. The van der Waals surface area contributed by atoms with Crippen LogP contribution in [0.1, 0.15) is 36.0 Å². The van der Waals surface area contributed by atoms with Gasteiger partial charge in [0.15, 0.2) is 0 Å². The van der Waals surface area contributed by atoms with Crippen molar-refractivity contribution >= 4 is 11.9 Å². The van der Waals surface area contributed by atoms with Gasteiger partial charge in [0.2, 0.25) is 0 Å². The summed E-state index contributed by atoms with van der Waals surface area (Å²) in [5.41, 5.74) is 0.750. The molecule has 1 heterocycles. The quantitative estimate of drug-likeness (QED) is 0.793. The third-order valence-corrected chi connectivity index (χ3v) is 3.91. The van der Waals surface area contributed by atoms with Crippen molar-refractivity contribution in [2.45, 2.75) is 25.7 Å². The maximum atomic E-state index is 12.3. The number of amides is 1. The number of benzene rings is 1. The Bertz CT molecular complexity index is 450. The summed E-state index contributed by atoms with van der Waals surface area (Å²) < 4.78 is 4.65. The zero-order valence-corrected chi connectivity index (χ0v) is 11.9. The third-order valence-electron chi connectivity index (χ3n) is 3.91. The summed E-state index contributed by atoms with van der Waals surface area (Å²) in [5, 5.41) is 0. The predicted octanol–water partition coefficient (Wildman–Crippen LogP) is 2.49. The molecule has 1 aromatic carbocycles. The molecule has 1 aliphatic rings. The molecule has 0 atom stereocenters. The van der Waals surface area contributed by atoms with Crippen molar-refractivity contribution in [3.8, 4) is 0 Å². The molecule has 1 aliphatic heterocycles. The molecule has 0 bridgehead atoms. The lowest BCUT2D eigenvalue weighted by Crippen LogP contribution is -2.38. The summed E-state index contributed by atoms with van der Waals surface area (Å²) in [6.07, 6.45) is 3.28. The van der Waals surface area contributed by atoms with Crippen LogP contribution in [0.25, 0.3) is 0 Å². The second-order valence-electron chi connectivity index (χ2n) is 5.22. The van der Waals surface area contributed by atoms with E-state index >= 15 is 0 Å². The fourth-order valence-electron chi connectivity index (χ4n) is 2.61. The number of piperidine rings is 1. The van der Waals surface area contributed by atoms with E-state index in [9.17, 15) is 9.59 Å². The lowest BCUT2D eigenvalue weighted by molar-refractivity contribution is -0.141. The van der Waals surface area contributed by atoms with Crippen LogP contribution < -0.4 is 0 Å². The Balaban J connectivity index is 1.79. The molecule has 1 aromatic rings. The summed E-state index contributed by atoms with van der Waals surface area (Å²) in [7, 11) is 1.42. The lowest BCUT2D eigenvalue weighted by Gasteiger charge is -2.32. The zero-order valence-electron chi connectivity index (χ0n) is 11.9. The molecule has 0 unspecified atom stereocenters. The van der Waals surface area contributed by atoms with Crippen LogP contribution in [0.5, 0.6) is 0 Å². The first kappa shape index (κ1) is 14.6. The van der Waals surface area contributed by atoms with Crippen LogP contribution in [0.3, 0.4) is 0 Å². The Morgan fingerprint density at radius 2 is 1.85 bits per heavy atom. The molecule has 0 aliphatic carbocycles. The number of likely N-dealkylation sites (tertiary alicyclic amines) is 1. The van der Waals surface area contributed by atoms with Crippen molar-refractivity contribution in [2.24, 2.45) is 5.92 Å². The van der Waals surface area contributed by atoms with E-state index < -0.39 is 0 Å². The van der Waals surface area contributed by atoms with Gasteiger partial charge < -0.3 is 9.64 Å². The molecular formula is C16H21NO3. The van der Waals surface area contributed by atoms with Crippen molar-refractivity contribution in [1.82, 2.24) is 4.90 Å². The van der Waals surface area contributed by atoms with Gasteiger partial charge in [0.25, 0.3) is 5.91 Å². The van der Waals surface area contributed by atoms with E-state index in [1.807, 2.05) is 35.2 Å². The van der Waals surface area contributed by atoms with Gasteiger partial charge in [-0.1, -0.05) is 18.2 Å². The molecule has 0 saturated carbocycles. The van der Waals surface area contributed by atoms with E-state index in [4.69, 9.17) is 0 Å². The summed E-state index contributed by atoms with van der Waals surface area (Å²) in [6, 6.07) is 9.39. The molecule has 2 rings (SSSR count). The Kier molecular flexibility index (Phi) is 5.16. The summed E-state index contributed by atoms with van der Waals surface area (Å²) >= 11 is 0. The van der Waals surface area contributed by atoms with Crippen LogP contribution in [-0.2, 0) is 9.53 Å². The van der Waals surface area contributed by atoms with Crippen molar-refractivity contribution in [1.29, 1.82) is 0 Å². The Hall–Kier alpha value is -1.84. The summed E-state index contributed by atoms with van der Waals surface area (Å²) in [5.74, 6) is 0.485. The SMILES string of the molecule is COC(=O)CCC1CCN(C(=O)c2ccccc2)CC1. The highest BCUT2D eigenvalue weighted by Crippen LogP contribution is 2.23. The van der Waals surface area contributed by atoms with E-state index in [1.165, 1.54) is 7.11 Å². The lowest BCUT2D eigenvalue weighted by atomic mass is 9.92. The van der Waals surface area contributed by atoms with Gasteiger partial charge in [0.1, 0.15) is 0 Å². The maximum Gasteiger partial charge on any atom is 0.305 e. The van der Waals surface area contributed by atoms with Crippen molar-refractivity contribution in [2.75, 3.05) is 20.2 Å². The normalized spacial score (nSPS) is 15.9. The highest BCUT2D eigenvalue weighted by Gasteiger charge is 2.23. The number of hydrogen-bond acceptors (Lipinski definition) is 3. The van der Waals surface area contributed by atoms with Gasteiger partial charge in [-0.05, 0) is 37.3 Å². The number of esters is 1. The minimum atomic E-state index is -0.146. The van der Waals surface area contributed by atoms with Crippen LogP contribution in [-0.4, -0.2) is 37.0 Å². The Morgan fingerprint density at radius 3 is 2.45 bits per heavy atom. The number of rotatable bonds is 4. The predicted molar refractivity (Wildman–Crippen MR) is 76.3 cm³/mol. The van der Waals surface area contributed by atoms with E-state index in [2.05, 4.69) is 4.74 Å². The van der Waals surface area contributed by atoms with Gasteiger partial charge in [0, 0.05) is 25.1 Å². The Labute approximate surface area is 119 Å². The molecular weight excluding hydrogens is 254 g/mol. The molecule has 4 nitrogen and oxygen atoms in total. The highest BCUT2D eigenvalue weighted by atomic mass is 16.5. The first-order chi connectivity index (χ1) is 9.70. The molecule has 108 valence electrons. The van der Waals surface area contributed by atoms with Gasteiger partial charge in [-0.15, -0.1) is 0 Å². The molecule has 20 heavy (non-hydrogen) atoms. The molecule has 1 saturated heterocycles. The summed E-state index contributed by atoms with van der Waals surface area (Å²) in [4.78, 5) is 25.3. The third kappa shape index (κ3) is 3.83. The zero-order chi connectivity index (χ0) is 14.4. The van der Waals surface area contributed by atoms with E-state index in [0.717, 1.165) is 37.9 Å². The molecule has 0 spiro atoms. The number of hydrogen-bond donors (Lipinski definition) is 0. The summed E-state index contributed by atoms with van der Waals surface area (Å²) in [6.45, 7) is 1.55. The van der Waals surface area contributed by atoms with Gasteiger partial charge >= 0.3 is 5.97 Å². The van der Waals surface area contributed by atoms with Crippen molar-refractivity contribution in [3.05, 3.63) is 35.9 Å².